The van der Waals surface area contributed by atoms with Crippen molar-refractivity contribution < 1.29 is 18.7 Å². The highest BCUT2D eigenvalue weighted by Gasteiger charge is 2.28. The first-order chi connectivity index (χ1) is 12.1. The highest BCUT2D eigenvalue weighted by molar-refractivity contribution is 5.97. The molecule has 1 aliphatic rings. The zero-order valence-corrected chi connectivity index (χ0v) is 13.9. The number of β-amino-alcohol motifs (C(OH)–C–C–N with tert-alkyl or cyclic N) is 1. The van der Waals surface area contributed by atoms with Crippen LogP contribution >= 0.6 is 0 Å². The van der Waals surface area contributed by atoms with Gasteiger partial charge >= 0.3 is 0 Å². The van der Waals surface area contributed by atoms with E-state index < -0.39 is 17.7 Å². The number of piperidine rings is 1. The number of carbonyl (C=O) groups excluding carboxylic acids is 1. The second-order valence-electron chi connectivity index (χ2n) is 6.46. The Kier molecular flexibility index (Phi) is 5.56. The SMILES string of the molecule is O=C(c1ccccc1)C1CCN(CC(O)c2c(F)cccc2F)CC1. The summed E-state index contributed by atoms with van der Waals surface area (Å²) in [5.74, 6) is -1.37. The number of aliphatic hydroxyl groups is 1. The summed E-state index contributed by atoms with van der Waals surface area (Å²) in [5.41, 5.74) is 0.430. The van der Waals surface area contributed by atoms with Crippen LogP contribution in [0.1, 0.15) is 34.9 Å². The van der Waals surface area contributed by atoms with E-state index in [0.717, 1.165) is 17.7 Å². The molecule has 2 aromatic rings. The van der Waals surface area contributed by atoms with Crippen LogP contribution < -0.4 is 0 Å². The van der Waals surface area contributed by atoms with Crippen LogP contribution in [0, 0.1) is 17.6 Å². The third-order valence-electron chi connectivity index (χ3n) is 4.78. The molecule has 1 aliphatic heterocycles. The number of carbonyl (C=O) groups is 1. The van der Waals surface area contributed by atoms with E-state index in [9.17, 15) is 18.7 Å². The molecule has 132 valence electrons. The van der Waals surface area contributed by atoms with Crippen LogP contribution in [0.25, 0.3) is 0 Å². The lowest BCUT2D eigenvalue weighted by Gasteiger charge is -2.32. The first-order valence-corrected chi connectivity index (χ1v) is 8.50. The maximum absolute atomic E-state index is 13.7. The Bertz CT molecular complexity index is 707. The van der Waals surface area contributed by atoms with Crippen LogP contribution in [0.15, 0.2) is 48.5 Å². The first kappa shape index (κ1) is 17.7. The summed E-state index contributed by atoms with van der Waals surface area (Å²) in [6, 6.07) is 12.8. The number of hydrogen-bond acceptors (Lipinski definition) is 3. The van der Waals surface area contributed by atoms with Gasteiger partial charge in [0, 0.05) is 18.0 Å². The van der Waals surface area contributed by atoms with Gasteiger partial charge in [0.1, 0.15) is 11.6 Å². The van der Waals surface area contributed by atoms with E-state index in [1.54, 1.807) is 0 Å². The molecule has 5 heteroatoms. The predicted molar refractivity (Wildman–Crippen MR) is 91.3 cm³/mol. The second kappa shape index (κ2) is 7.85. The van der Waals surface area contributed by atoms with Crippen LogP contribution in [0.3, 0.4) is 0 Å². The van der Waals surface area contributed by atoms with Crippen LogP contribution in [-0.4, -0.2) is 35.4 Å². The third-order valence-corrected chi connectivity index (χ3v) is 4.78. The van der Waals surface area contributed by atoms with Crippen molar-refractivity contribution >= 4 is 5.78 Å². The van der Waals surface area contributed by atoms with Crippen molar-refractivity contribution in [3.05, 3.63) is 71.3 Å². The fourth-order valence-electron chi connectivity index (χ4n) is 3.38. The molecule has 0 aromatic heterocycles. The maximum atomic E-state index is 13.7. The van der Waals surface area contributed by atoms with Gasteiger partial charge in [0.25, 0.3) is 0 Å². The Labute approximate surface area is 145 Å². The summed E-state index contributed by atoms with van der Waals surface area (Å²) in [5, 5.41) is 10.2. The Morgan fingerprint density at radius 3 is 2.24 bits per heavy atom. The number of benzene rings is 2. The van der Waals surface area contributed by atoms with Gasteiger partial charge in [-0.1, -0.05) is 36.4 Å². The Balaban J connectivity index is 1.57. The van der Waals surface area contributed by atoms with Crippen molar-refractivity contribution in [2.45, 2.75) is 18.9 Å². The van der Waals surface area contributed by atoms with Crippen LogP contribution in [0.5, 0.6) is 0 Å². The number of hydrogen-bond donors (Lipinski definition) is 1. The number of halogens is 2. The molecule has 25 heavy (non-hydrogen) atoms. The van der Waals surface area contributed by atoms with Gasteiger partial charge in [0.05, 0.1) is 11.7 Å². The number of aliphatic hydroxyl groups excluding tert-OH is 1. The topological polar surface area (TPSA) is 40.5 Å². The van der Waals surface area contributed by atoms with Gasteiger partial charge in [0.15, 0.2) is 5.78 Å². The lowest BCUT2D eigenvalue weighted by molar-refractivity contribution is 0.0709. The molecule has 0 spiro atoms. The van der Waals surface area contributed by atoms with Gasteiger partial charge in [-0.25, -0.2) is 8.78 Å². The quantitative estimate of drug-likeness (QED) is 0.842. The summed E-state index contributed by atoms with van der Waals surface area (Å²) < 4.78 is 27.5. The molecule has 1 atom stereocenters. The number of likely N-dealkylation sites (tertiary alicyclic amines) is 1. The molecule has 0 radical (unpaired) electrons. The zero-order chi connectivity index (χ0) is 17.8. The smallest absolute Gasteiger partial charge is 0.166 e. The molecule has 1 saturated heterocycles. The largest absolute Gasteiger partial charge is 0.387 e. The van der Waals surface area contributed by atoms with Gasteiger partial charge in [-0.05, 0) is 38.1 Å². The summed E-state index contributed by atoms with van der Waals surface area (Å²) in [6.45, 7) is 1.40. The monoisotopic (exact) mass is 345 g/mol. The highest BCUT2D eigenvalue weighted by Crippen LogP contribution is 2.25. The summed E-state index contributed by atoms with van der Waals surface area (Å²) in [7, 11) is 0. The minimum Gasteiger partial charge on any atom is -0.387 e. The van der Waals surface area contributed by atoms with Gasteiger partial charge in [0.2, 0.25) is 0 Å². The minimum absolute atomic E-state index is 0.0407. The molecule has 1 heterocycles. The van der Waals surface area contributed by atoms with Gasteiger partial charge in [-0.15, -0.1) is 0 Å². The highest BCUT2D eigenvalue weighted by atomic mass is 19.1. The van der Waals surface area contributed by atoms with Crippen molar-refractivity contribution in [2.24, 2.45) is 5.92 Å². The molecule has 1 fully saturated rings. The number of ketones is 1. The molecule has 2 aromatic carbocycles. The van der Waals surface area contributed by atoms with Crippen molar-refractivity contribution in [1.82, 2.24) is 4.90 Å². The van der Waals surface area contributed by atoms with Gasteiger partial charge < -0.3 is 10.0 Å². The second-order valence-corrected chi connectivity index (χ2v) is 6.46. The molecule has 3 nitrogen and oxygen atoms in total. The van der Waals surface area contributed by atoms with Crippen molar-refractivity contribution in [3.63, 3.8) is 0 Å². The molecule has 0 aliphatic carbocycles. The van der Waals surface area contributed by atoms with Crippen LogP contribution in [0.4, 0.5) is 8.78 Å². The Morgan fingerprint density at radius 1 is 1.04 bits per heavy atom. The van der Waals surface area contributed by atoms with Gasteiger partial charge in [-0.2, -0.15) is 0 Å². The Morgan fingerprint density at radius 2 is 1.64 bits per heavy atom. The molecular weight excluding hydrogens is 324 g/mol. The number of Topliss-reactive ketones (excluding diaryl/α,β-unsaturated/α-hetero) is 1. The van der Waals surface area contributed by atoms with E-state index in [2.05, 4.69) is 0 Å². The van der Waals surface area contributed by atoms with Crippen molar-refractivity contribution in [3.8, 4) is 0 Å². The van der Waals surface area contributed by atoms with E-state index in [1.165, 1.54) is 6.07 Å². The van der Waals surface area contributed by atoms with E-state index in [-0.39, 0.29) is 23.8 Å². The fourth-order valence-corrected chi connectivity index (χ4v) is 3.38. The lowest BCUT2D eigenvalue weighted by atomic mass is 9.88. The third kappa shape index (κ3) is 4.11. The zero-order valence-electron chi connectivity index (χ0n) is 13.9. The molecule has 1 unspecified atom stereocenters. The average molecular weight is 345 g/mol. The van der Waals surface area contributed by atoms with Crippen molar-refractivity contribution in [1.29, 1.82) is 0 Å². The minimum atomic E-state index is -1.22. The summed E-state index contributed by atoms with van der Waals surface area (Å²) in [4.78, 5) is 14.4. The summed E-state index contributed by atoms with van der Waals surface area (Å²) >= 11 is 0. The molecular formula is C20H21F2NO2. The van der Waals surface area contributed by atoms with Crippen molar-refractivity contribution in [2.75, 3.05) is 19.6 Å². The average Bonchev–Trinajstić information content (AvgIpc) is 2.62. The lowest BCUT2D eigenvalue weighted by Crippen LogP contribution is -2.38. The molecule has 0 amide bonds. The number of rotatable bonds is 5. The van der Waals surface area contributed by atoms with Crippen LogP contribution in [-0.2, 0) is 0 Å². The first-order valence-electron chi connectivity index (χ1n) is 8.50. The van der Waals surface area contributed by atoms with Crippen LogP contribution in [0.2, 0.25) is 0 Å². The molecule has 0 bridgehead atoms. The fraction of sp³-hybridized carbons (Fsp3) is 0.350. The van der Waals surface area contributed by atoms with E-state index in [4.69, 9.17) is 0 Å². The summed E-state index contributed by atoms with van der Waals surface area (Å²) in [6.07, 6.45) is 0.142. The molecule has 3 rings (SSSR count). The normalized spacial score (nSPS) is 17.4. The van der Waals surface area contributed by atoms with E-state index in [0.29, 0.717) is 25.9 Å². The number of nitrogens with zero attached hydrogens (tertiary/aromatic N) is 1. The van der Waals surface area contributed by atoms with E-state index in [1.807, 2.05) is 35.2 Å². The predicted octanol–water partition coefficient (Wildman–Crippen LogP) is 3.59. The standard InChI is InChI=1S/C20H21F2NO2/c21-16-7-4-8-17(22)19(16)18(24)13-23-11-9-15(10-12-23)20(25)14-5-2-1-3-6-14/h1-8,15,18,24H,9-13H2. The van der Waals surface area contributed by atoms with Gasteiger partial charge in [-0.3, -0.25) is 4.79 Å². The molecule has 0 saturated carbocycles. The Hall–Kier alpha value is -2.11. The maximum Gasteiger partial charge on any atom is 0.166 e. The molecule has 1 N–H and O–H groups in total. The van der Waals surface area contributed by atoms with E-state index >= 15 is 0 Å².